The molecule has 0 aliphatic carbocycles. The van der Waals surface area contributed by atoms with Gasteiger partial charge in [-0.3, -0.25) is 0 Å². The van der Waals surface area contributed by atoms with Crippen molar-refractivity contribution in [3.8, 4) is 17.0 Å². The Morgan fingerprint density at radius 1 is 1.03 bits per heavy atom. The van der Waals surface area contributed by atoms with Crippen LogP contribution >= 0.6 is 0 Å². The van der Waals surface area contributed by atoms with Crippen molar-refractivity contribution in [1.29, 1.82) is 0 Å². The van der Waals surface area contributed by atoms with Crippen LogP contribution in [0.5, 0.6) is 5.75 Å². The molecule has 8 heteroatoms. The number of rotatable bonds is 6. The average molecular weight is 467 g/mol. The smallest absolute Gasteiger partial charge is 0.175 e. The van der Waals surface area contributed by atoms with Crippen molar-refractivity contribution in [1.82, 2.24) is 14.3 Å². The SMILES string of the molecule is CCc1nc2c(c(-c3ccc(OC)cc3)n1)CCN([S+](=O)([O-])c1ccc(N(C)C)cc1)CC2. The Morgan fingerprint density at radius 3 is 2.30 bits per heavy atom. The predicted octanol–water partition coefficient (Wildman–Crippen LogP) is 3.79. The van der Waals surface area contributed by atoms with E-state index in [-0.39, 0.29) is 0 Å². The third-order valence-corrected chi connectivity index (χ3v) is 7.93. The second kappa shape index (κ2) is 9.59. The number of hydrogen-bond donors (Lipinski definition) is 0. The maximum absolute atomic E-state index is 13.4. The molecular formula is C25H30N4O3S. The van der Waals surface area contributed by atoms with E-state index in [2.05, 4.69) is 0 Å². The third kappa shape index (κ3) is 4.78. The fraction of sp³-hybridized carbons (Fsp3) is 0.360. The van der Waals surface area contributed by atoms with E-state index in [0.717, 1.165) is 46.2 Å². The lowest BCUT2D eigenvalue weighted by Gasteiger charge is -2.26. The Morgan fingerprint density at radius 2 is 1.70 bits per heavy atom. The number of benzene rings is 2. The number of aryl methyl sites for hydroxylation is 1. The number of hydrogen-bond acceptors (Lipinski definition) is 6. The summed E-state index contributed by atoms with van der Waals surface area (Å²) in [6.45, 7) is 2.82. The Bertz CT molecular complexity index is 1160. The maximum Gasteiger partial charge on any atom is 0.175 e. The van der Waals surface area contributed by atoms with E-state index in [1.165, 1.54) is 0 Å². The lowest BCUT2D eigenvalue weighted by atomic mass is 10.0. The van der Waals surface area contributed by atoms with Crippen molar-refractivity contribution in [3.05, 3.63) is 65.6 Å². The van der Waals surface area contributed by atoms with Gasteiger partial charge in [0.05, 0.1) is 12.8 Å². The van der Waals surface area contributed by atoms with Gasteiger partial charge >= 0.3 is 0 Å². The Balaban J connectivity index is 1.65. The van der Waals surface area contributed by atoms with Crippen LogP contribution < -0.4 is 9.64 Å². The van der Waals surface area contributed by atoms with E-state index >= 15 is 0 Å². The summed E-state index contributed by atoms with van der Waals surface area (Å²) in [6.07, 6.45) is 1.84. The van der Waals surface area contributed by atoms with Crippen LogP contribution in [0.15, 0.2) is 53.4 Å². The first-order valence-electron chi connectivity index (χ1n) is 11.1. The van der Waals surface area contributed by atoms with Crippen LogP contribution in [-0.4, -0.2) is 53.1 Å². The fourth-order valence-corrected chi connectivity index (χ4v) is 5.52. The number of sulfonamides is 1. The van der Waals surface area contributed by atoms with Crippen molar-refractivity contribution in [2.75, 3.05) is 39.2 Å². The van der Waals surface area contributed by atoms with Crippen LogP contribution in [0.25, 0.3) is 11.3 Å². The predicted molar refractivity (Wildman–Crippen MR) is 130 cm³/mol. The molecule has 7 nitrogen and oxygen atoms in total. The molecule has 174 valence electrons. The molecule has 2 aromatic carbocycles. The molecule has 0 saturated heterocycles. The van der Waals surface area contributed by atoms with Gasteiger partial charge in [0.15, 0.2) is 15.3 Å². The number of anilines is 1. The van der Waals surface area contributed by atoms with Gasteiger partial charge in [0.1, 0.15) is 11.6 Å². The highest BCUT2D eigenvalue weighted by molar-refractivity contribution is 7.95. The highest BCUT2D eigenvalue weighted by Gasteiger charge is 2.33. The first-order chi connectivity index (χ1) is 15.8. The van der Waals surface area contributed by atoms with Gasteiger partial charge in [-0.25, -0.2) is 9.97 Å². The molecule has 1 atom stereocenters. The Hall–Kier alpha value is -2.81. The minimum atomic E-state index is -3.60. The molecular weight excluding hydrogens is 436 g/mol. The number of aromatic nitrogens is 2. The van der Waals surface area contributed by atoms with Gasteiger partial charge in [-0.2, -0.15) is 0 Å². The standard InChI is InChI=1S/C25H30N4O3S/c1-5-24-26-23-15-17-29(33(30,31)21-12-8-19(9-13-21)28(2)3)16-14-22(23)25(27-24)18-6-10-20(32-4)11-7-18/h6-13H,5,14-17H2,1-4H3. The molecule has 1 aliphatic heterocycles. The van der Waals surface area contributed by atoms with Gasteiger partial charge in [-0.05, 0) is 55.0 Å². The van der Waals surface area contributed by atoms with E-state index < -0.39 is 10.4 Å². The summed E-state index contributed by atoms with van der Waals surface area (Å²) >= 11 is 0. The zero-order valence-corrected chi connectivity index (χ0v) is 20.4. The lowest BCUT2D eigenvalue weighted by Crippen LogP contribution is -2.38. The summed E-state index contributed by atoms with van der Waals surface area (Å²) in [5.74, 6) is 1.56. The van der Waals surface area contributed by atoms with Crippen molar-refractivity contribution in [2.45, 2.75) is 31.1 Å². The van der Waals surface area contributed by atoms with E-state index in [9.17, 15) is 8.76 Å². The molecule has 33 heavy (non-hydrogen) atoms. The largest absolute Gasteiger partial charge is 0.593 e. The average Bonchev–Trinajstić information content (AvgIpc) is 3.06. The summed E-state index contributed by atoms with van der Waals surface area (Å²) in [5, 5.41) is 0. The third-order valence-electron chi connectivity index (χ3n) is 6.02. The van der Waals surface area contributed by atoms with Crippen LogP contribution in [-0.2, 0) is 33.9 Å². The molecule has 4 rings (SSSR count). The van der Waals surface area contributed by atoms with Crippen molar-refractivity contribution >= 4 is 16.1 Å². The summed E-state index contributed by atoms with van der Waals surface area (Å²) in [6, 6.07) is 14.8. The zero-order chi connectivity index (χ0) is 23.6. The lowest BCUT2D eigenvalue weighted by molar-refractivity contribution is 0.363. The van der Waals surface area contributed by atoms with Crippen LogP contribution in [0.3, 0.4) is 0 Å². The van der Waals surface area contributed by atoms with E-state index in [4.69, 9.17) is 14.7 Å². The molecule has 0 fully saturated rings. The summed E-state index contributed by atoms with van der Waals surface area (Å²) < 4.78 is 33.6. The zero-order valence-electron chi connectivity index (χ0n) is 19.6. The number of fused-ring (bicyclic) bond motifs is 1. The number of nitrogens with zero attached hydrogens (tertiary/aromatic N) is 4. The normalized spacial score (nSPS) is 15.9. The molecule has 3 aromatic rings. The van der Waals surface area contributed by atoms with Gasteiger partial charge in [0.2, 0.25) is 0 Å². The van der Waals surface area contributed by atoms with E-state index in [0.29, 0.717) is 30.8 Å². The second-order valence-electron chi connectivity index (χ2n) is 8.29. The molecule has 0 spiro atoms. The molecule has 2 heterocycles. The maximum atomic E-state index is 13.4. The minimum Gasteiger partial charge on any atom is -0.593 e. The molecule has 0 radical (unpaired) electrons. The number of ether oxygens (including phenoxy) is 1. The highest BCUT2D eigenvalue weighted by Crippen LogP contribution is 2.31. The molecule has 0 saturated carbocycles. The summed E-state index contributed by atoms with van der Waals surface area (Å²) in [7, 11) is 1.91. The van der Waals surface area contributed by atoms with Gasteiger partial charge in [0.25, 0.3) is 0 Å². The summed E-state index contributed by atoms with van der Waals surface area (Å²) in [5.41, 5.74) is 4.80. The monoisotopic (exact) mass is 466 g/mol. The fourth-order valence-electron chi connectivity index (χ4n) is 4.08. The van der Waals surface area contributed by atoms with Gasteiger partial charge in [-0.1, -0.05) is 11.1 Å². The number of methoxy groups -OCH3 is 1. The van der Waals surface area contributed by atoms with Crippen molar-refractivity contribution in [3.63, 3.8) is 0 Å². The van der Waals surface area contributed by atoms with Gasteiger partial charge < -0.3 is 14.2 Å². The summed E-state index contributed by atoms with van der Waals surface area (Å²) in [4.78, 5) is 11.9. The topological polar surface area (TPSA) is 81.6 Å². The van der Waals surface area contributed by atoms with Crippen LogP contribution in [0.2, 0.25) is 0 Å². The Kier molecular flexibility index (Phi) is 6.78. The first kappa shape index (κ1) is 23.4. The minimum absolute atomic E-state index is 0.315. The highest BCUT2D eigenvalue weighted by atomic mass is 32.3. The molecule has 1 unspecified atom stereocenters. The second-order valence-corrected chi connectivity index (χ2v) is 10.2. The van der Waals surface area contributed by atoms with Crippen molar-refractivity contribution in [2.24, 2.45) is 0 Å². The quantitative estimate of drug-likeness (QED) is 0.514. The van der Waals surface area contributed by atoms with E-state index in [1.54, 1.807) is 23.5 Å². The van der Waals surface area contributed by atoms with Gasteiger partial charge in [-0.15, -0.1) is 4.31 Å². The van der Waals surface area contributed by atoms with Gasteiger partial charge in [0, 0.05) is 62.5 Å². The molecule has 0 N–H and O–H groups in total. The van der Waals surface area contributed by atoms with Crippen molar-refractivity contribution < 1.29 is 13.5 Å². The molecule has 1 aromatic heterocycles. The molecule has 0 bridgehead atoms. The van der Waals surface area contributed by atoms with Crippen LogP contribution in [0, 0.1) is 0 Å². The molecule has 0 amide bonds. The van der Waals surface area contributed by atoms with Crippen LogP contribution in [0.1, 0.15) is 24.0 Å². The van der Waals surface area contributed by atoms with E-state index in [1.807, 2.05) is 62.3 Å². The Labute approximate surface area is 196 Å². The molecule has 1 aliphatic rings. The van der Waals surface area contributed by atoms with Crippen LogP contribution in [0.4, 0.5) is 5.69 Å². The first-order valence-corrected chi connectivity index (χ1v) is 12.6.